The number of pyridine rings is 1. The van der Waals surface area contributed by atoms with Crippen molar-refractivity contribution in [3.05, 3.63) is 40.8 Å². The van der Waals surface area contributed by atoms with Gasteiger partial charge >= 0.3 is 0 Å². The van der Waals surface area contributed by atoms with Gasteiger partial charge in [0.25, 0.3) is 0 Å². The lowest BCUT2D eigenvalue weighted by Gasteiger charge is -2.08. The molecule has 0 aliphatic carbocycles. The monoisotopic (exact) mass is 247 g/mol. The Kier molecular flexibility index (Phi) is 3.38. The summed E-state index contributed by atoms with van der Waals surface area (Å²) in [4.78, 5) is 13.0. The lowest BCUT2D eigenvalue weighted by atomic mass is 10.1. The van der Waals surface area contributed by atoms with Crippen molar-refractivity contribution in [1.82, 2.24) is 15.0 Å². The summed E-state index contributed by atoms with van der Waals surface area (Å²) in [6, 6.07) is 5.76. The molecular formula is C13H14ClN3. The second-order valence-electron chi connectivity index (χ2n) is 4.26. The third kappa shape index (κ3) is 2.61. The van der Waals surface area contributed by atoms with E-state index in [1.807, 2.05) is 25.1 Å². The molecule has 2 aromatic rings. The fourth-order valence-corrected chi connectivity index (χ4v) is 1.90. The molecule has 0 aromatic carbocycles. The van der Waals surface area contributed by atoms with E-state index in [9.17, 15) is 0 Å². The maximum Gasteiger partial charge on any atom is 0.179 e. The molecule has 0 fully saturated rings. The maximum atomic E-state index is 6.14. The molecule has 0 amide bonds. The van der Waals surface area contributed by atoms with Crippen molar-refractivity contribution >= 4 is 11.6 Å². The predicted molar refractivity (Wildman–Crippen MR) is 69.1 cm³/mol. The van der Waals surface area contributed by atoms with Gasteiger partial charge in [-0.05, 0) is 25.0 Å². The van der Waals surface area contributed by atoms with Crippen LogP contribution in [0.4, 0.5) is 0 Å². The largest absolute Gasteiger partial charge is 0.250 e. The van der Waals surface area contributed by atoms with E-state index < -0.39 is 0 Å². The summed E-state index contributed by atoms with van der Waals surface area (Å²) in [5.41, 5.74) is 2.65. The Morgan fingerprint density at radius 3 is 2.53 bits per heavy atom. The molecule has 0 aliphatic rings. The normalized spacial score (nSPS) is 10.9. The highest BCUT2D eigenvalue weighted by molar-refractivity contribution is 6.30. The van der Waals surface area contributed by atoms with Crippen molar-refractivity contribution in [2.45, 2.75) is 26.7 Å². The van der Waals surface area contributed by atoms with Gasteiger partial charge in [0.05, 0.1) is 0 Å². The highest BCUT2D eigenvalue weighted by atomic mass is 35.5. The molecule has 3 nitrogen and oxygen atoms in total. The van der Waals surface area contributed by atoms with E-state index in [2.05, 4.69) is 28.8 Å². The van der Waals surface area contributed by atoms with Crippen molar-refractivity contribution in [2.75, 3.05) is 0 Å². The fraction of sp³-hybridized carbons (Fsp3) is 0.308. The zero-order chi connectivity index (χ0) is 12.4. The zero-order valence-electron chi connectivity index (χ0n) is 10.1. The first-order valence-electron chi connectivity index (χ1n) is 5.54. The summed E-state index contributed by atoms with van der Waals surface area (Å²) >= 11 is 6.14. The first-order valence-corrected chi connectivity index (χ1v) is 5.92. The quantitative estimate of drug-likeness (QED) is 0.761. The standard InChI is InChI=1S/C13H14ClN3/c1-8(2)10-7-15-13(17-12(10)14)11-6-4-5-9(3)16-11/h4-8H,1-3H3. The molecule has 0 N–H and O–H groups in total. The van der Waals surface area contributed by atoms with E-state index in [-0.39, 0.29) is 0 Å². The van der Waals surface area contributed by atoms with Crippen LogP contribution in [0.1, 0.15) is 31.0 Å². The Hall–Kier alpha value is -1.48. The molecule has 0 spiro atoms. The number of nitrogens with zero attached hydrogens (tertiary/aromatic N) is 3. The molecular weight excluding hydrogens is 234 g/mol. The van der Waals surface area contributed by atoms with Crippen LogP contribution in [0, 0.1) is 6.92 Å². The van der Waals surface area contributed by atoms with Crippen LogP contribution < -0.4 is 0 Å². The number of halogens is 1. The van der Waals surface area contributed by atoms with Gasteiger partial charge < -0.3 is 0 Å². The Bertz CT molecular complexity index is 538. The zero-order valence-corrected chi connectivity index (χ0v) is 10.9. The third-order valence-electron chi connectivity index (χ3n) is 2.51. The second-order valence-corrected chi connectivity index (χ2v) is 4.62. The third-order valence-corrected chi connectivity index (χ3v) is 2.81. The first-order chi connectivity index (χ1) is 8.08. The van der Waals surface area contributed by atoms with Gasteiger partial charge in [0.1, 0.15) is 10.8 Å². The van der Waals surface area contributed by atoms with E-state index in [0.29, 0.717) is 16.9 Å². The maximum absolute atomic E-state index is 6.14. The highest BCUT2D eigenvalue weighted by Gasteiger charge is 2.10. The number of rotatable bonds is 2. The second kappa shape index (κ2) is 4.80. The fourth-order valence-electron chi connectivity index (χ4n) is 1.55. The molecule has 88 valence electrons. The van der Waals surface area contributed by atoms with Crippen LogP contribution in [0.2, 0.25) is 5.15 Å². The van der Waals surface area contributed by atoms with Crippen molar-refractivity contribution in [2.24, 2.45) is 0 Å². The molecule has 0 atom stereocenters. The summed E-state index contributed by atoms with van der Waals surface area (Å²) < 4.78 is 0. The van der Waals surface area contributed by atoms with Gasteiger partial charge in [-0.25, -0.2) is 15.0 Å². The summed E-state index contributed by atoms with van der Waals surface area (Å²) in [6.45, 7) is 6.07. The summed E-state index contributed by atoms with van der Waals surface area (Å²) in [6.07, 6.45) is 1.78. The van der Waals surface area contributed by atoms with Crippen LogP contribution in [-0.2, 0) is 0 Å². The molecule has 2 aromatic heterocycles. The Morgan fingerprint density at radius 2 is 1.94 bits per heavy atom. The van der Waals surface area contributed by atoms with Crippen molar-refractivity contribution in [3.63, 3.8) is 0 Å². The van der Waals surface area contributed by atoms with Gasteiger partial charge in [0, 0.05) is 17.5 Å². The van der Waals surface area contributed by atoms with Crippen LogP contribution in [-0.4, -0.2) is 15.0 Å². The molecule has 2 heterocycles. The molecule has 0 unspecified atom stereocenters. The average Bonchev–Trinajstić information content (AvgIpc) is 2.28. The Morgan fingerprint density at radius 1 is 1.18 bits per heavy atom. The summed E-state index contributed by atoms with van der Waals surface area (Å²) in [7, 11) is 0. The number of hydrogen-bond donors (Lipinski definition) is 0. The molecule has 0 saturated heterocycles. The van der Waals surface area contributed by atoms with E-state index in [4.69, 9.17) is 11.6 Å². The lowest BCUT2D eigenvalue weighted by Crippen LogP contribution is -1.98. The van der Waals surface area contributed by atoms with Crippen LogP contribution in [0.15, 0.2) is 24.4 Å². The smallest absolute Gasteiger partial charge is 0.179 e. The minimum absolute atomic E-state index is 0.321. The van der Waals surface area contributed by atoms with Gasteiger partial charge in [-0.2, -0.15) is 0 Å². The summed E-state index contributed by atoms with van der Waals surface area (Å²) in [5, 5.41) is 0.508. The average molecular weight is 248 g/mol. The van der Waals surface area contributed by atoms with Crippen molar-refractivity contribution in [3.8, 4) is 11.5 Å². The van der Waals surface area contributed by atoms with E-state index in [0.717, 1.165) is 17.0 Å². The highest BCUT2D eigenvalue weighted by Crippen LogP contribution is 2.23. The minimum atomic E-state index is 0.321. The van der Waals surface area contributed by atoms with Gasteiger partial charge in [0.15, 0.2) is 5.82 Å². The summed E-state index contributed by atoms with van der Waals surface area (Å²) in [5.74, 6) is 0.894. The molecule has 0 bridgehead atoms. The number of aryl methyl sites for hydroxylation is 1. The Labute approximate surface area is 106 Å². The SMILES string of the molecule is Cc1cccc(-c2ncc(C(C)C)c(Cl)n2)n1. The van der Waals surface area contributed by atoms with Crippen LogP contribution in [0.5, 0.6) is 0 Å². The van der Waals surface area contributed by atoms with Crippen LogP contribution in [0.25, 0.3) is 11.5 Å². The van der Waals surface area contributed by atoms with E-state index in [1.54, 1.807) is 6.20 Å². The molecule has 0 aliphatic heterocycles. The van der Waals surface area contributed by atoms with Gasteiger partial charge in [0.2, 0.25) is 0 Å². The molecule has 4 heteroatoms. The number of hydrogen-bond acceptors (Lipinski definition) is 3. The molecule has 0 radical (unpaired) electrons. The molecule has 0 saturated carbocycles. The van der Waals surface area contributed by atoms with E-state index >= 15 is 0 Å². The predicted octanol–water partition coefficient (Wildman–Crippen LogP) is 3.62. The lowest BCUT2D eigenvalue weighted by molar-refractivity contribution is 0.846. The van der Waals surface area contributed by atoms with Crippen LogP contribution >= 0.6 is 11.6 Å². The topological polar surface area (TPSA) is 38.7 Å². The van der Waals surface area contributed by atoms with Crippen molar-refractivity contribution in [1.29, 1.82) is 0 Å². The van der Waals surface area contributed by atoms with Crippen molar-refractivity contribution < 1.29 is 0 Å². The minimum Gasteiger partial charge on any atom is -0.250 e. The van der Waals surface area contributed by atoms with Crippen LogP contribution in [0.3, 0.4) is 0 Å². The molecule has 17 heavy (non-hydrogen) atoms. The molecule has 2 rings (SSSR count). The number of aromatic nitrogens is 3. The van der Waals surface area contributed by atoms with Gasteiger partial charge in [-0.1, -0.05) is 31.5 Å². The van der Waals surface area contributed by atoms with Gasteiger partial charge in [-0.15, -0.1) is 0 Å². The van der Waals surface area contributed by atoms with E-state index in [1.165, 1.54) is 0 Å². The Balaban J connectivity index is 2.44. The first kappa shape index (κ1) is 12.0. The van der Waals surface area contributed by atoms with Gasteiger partial charge in [-0.3, -0.25) is 0 Å².